The highest BCUT2D eigenvalue weighted by molar-refractivity contribution is 5.59. The molecule has 3 heteroatoms. The van der Waals surface area contributed by atoms with E-state index in [1.165, 1.54) is 11.1 Å². The highest BCUT2D eigenvalue weighted by Crippen LogP contribution is 2.30. The fraction of sp³-hybridized carbons (Fsp3) is 0.562. The molecule has 0 bridgehead atoms. The molecule has 19 heavy (non-hydrogen) atoms. The number of hydrogen-bond acceptors (Lipinski definition) is 3. The van der Waals surface area contributed by atoms with E-state index in [0.717, 1.165) is 12.7 Å². The van der Waals surface area contributed by atoms with Gasteiger partial charge in [0, 0.05) is 5.92 Å². The van der Waals surface area contributed by atoms with E-state index in [1.54, 1.807) is 0 Å². The molecule has 1 aliphatic rings. The number of benzene rings is 1. The first-order valence-electron chi connectivity index (χ1n) is 6.86. The Balaban J connectivity index is 2.00. The molecule has 1 aromatic rings. The van der Waals surface area contributed by atoms with Gasteiger partial charge in [0.15, 0.2) is 6.29 Å². The van der Waals surface area contributed by atoms with Crippen molar-refractivity contribution in [3.8, 4) is 0 Å². The minimum Gasteiger partial charge on any atom is -0.351 e. The van der Waals surface area contributed by atoms with Gasteiger partial charge in [0.05, 0.1) is 18.6 Å². The van der Waals surface area contributed by atoms with Crippen LogP contribution in [0.1, 0.15) is 37.8 Å². The molecular weight excluding hydrogens is 240 g/mol. The van der Waals surface area contributed by atoms with Crippen LogP contribution in [0.15, 0.2) is 24.3 Å². The maximum absolute atomic E-state index is 10.9. The maximum Gasteiger partial charge on any atom is 0.164 e. The van der Waals surface area contributed by atoms with Gasteiger partial charge in [-0.15, -0.1) is 0 Å². The minimum absolute atomic E-state index is 0.169. The smallest absolute Gasteiger partial charge is 0.164 e. The fourth-order valence-corrected chi connectivity index (χ4v) is 2.21. The van der Waals surface area contributed by atoms with E-state index >= 15 is 0 Å². The molecule has 1 atom stereocenters. The van der Waals surface area contributed by atoms with E-state index < -0.39 is 5.41 Å². The molecule has 1 unspecified atom stereocenters. The number of aldehydes is 1. The van der Waals surface area contributed by atoms with Crippen LogP contribution in [0, 0.1) is 5.41 Å². The van der Waals surface area contributed by atoms with E-state index in [4.69, 9.17) is 9.47 Å². The lowest BCUT2D eigenvalue weighted by atomic mass is 9.93. The van der Waals surface area contributed by atoms with E-state index in [0.29, 0.717) is 13.2 Å². The number of ether oxygens (including phenoxy) is 2. The molecule has 1 saturated heterocycles. The molecule has 0 spiro atoms. The first-order chi connectivity index (χ1) is 9.08. The number of carbonyl (C=O) groups excluding carboxylic acids is 1. The van der Waals surface area contributed by atoms with E-state index in [9.17, 15) is 4.79 Å². The molecule has 0 radical (unpaired) electrons. The lowest BCUT2D eigenvalue weighted by Crippen LogP contribution is -2.42. The van der Waals surface area contributed by atoms with Crippen molar-refractivity contribution in [2.45, 2.75) is 39.4 Å². The van der Waals surface area contributed by atoms with Crippen LogP contribution >= 0.6 is 0 Å². The second-order valence-electron chi connectivity index (χ2n) is 5.65. The molecular formula is C16H22O3. The summed E-state index contributed by atoms with van der Waals surface area (Å²) in [6.45, 7) is 6.95. The minimum atomic E-state index is -0.498. The maximum atomic E-state index is 10.9. The van der Waals surface area contributed by atoms with Crippen molar-refractivity contribution < 1.29 is 14.3 Å². The monoisotopic (exact) mass is 262 g/mol. The zero-order valence-electron chi connectivity index (χ0n) is 11.9. The van der Waals surface area contributed by atoms with Crippen LogP contribution in [-0.4, -0.2) is 25.8 Å². The fourth-order valence-electron chi connectivity index (χ4n) is 2.21. The molecule has 0 N–H and O–H groups in total. The van der Waals surface area contributed by atoms with Gasteiger partial charge in [0.25, 0.3) is 0 Å². The Morgan fingerprint density at radius 2 is 1.89 bits per heavy atom. The average molecular weight is 262 g/mol. The molecule has 0 aliphatic carbocycles. The van der Waals surface area contributed by atoms with Crippen LogP contribution in [0.3, 0.4) is 0 Å². The lowest BCUT2D eigenvalue weighted by molar-refractivity contribution is -0.226. The standard InChI is InChI=1S/C16H22O3/c1-4-13-5-7-14(8-6-13)12(2)15-18-10-16(3,9-17)11-19-15/h5-9,12,15H,4,10-11H2,1-3H3. The summed E-state index contributed by atoms with van der Waals surface area (Å²) in [5.41, 5.74) is 2.04. The van der Waals surface area contributed by atoms with Crippen LogP contribution < -0.4 is 0 Å². The zero-order chi connectivity index (χ0) is 13.9. The average Bonchev–Trinajstić information content (AvgIpc) is 2.47. The molecule has 0 amide bonds. The molecule has 2 rings (SSSR count). The van der Waals surface area contributed by atoms with Gasteiger partial charge < -0.3 is 14.3 Å². The Kier molecular flexibility index (Phi) is 4.38. The van der Waals surface area contributed by atoms with E-state index in [2.05, 4.69) is 38.1 Å². The van der Waals surface area contributed by atoms with Crippen LogP contribution in [0.5, 0.6) is 0 Å². The predicted octanol–water partition coefficient (Wildman–Crippen LogP) is 2.93. The van der Waals surface area contributed by atoms with Crippen LogP contribution in [0.2, 0.25) is 0 Å². The van der Waals surface area contributed by atoms with Crippen molar-refractivity contribution in [2.75, 3.05) is 13.2 Å². The second kappa shape index (κ2) is 5.85. The highest BCUT2D eigenvalue weighted by Gasteiger charge is 2.34. The van der Waals surface area contributed by atoms with Crippen molar-refractivity contribution in [3.63, 3.8) is 0 Å². The third-order valence-corrected chi connectivity index (χ3v) is 3.76. The van der Waals surface area contributed by atoms with Gasteiger partial charge >= 0.3 is 0 Å². The van der Waals surface area contributed by atoms with Gasteiger partial charge in [0.2, 0.25) is 0 Å². The van der Waals surface area contributed by atoms with Crippen molar-refractivity contribution in [1.29, 1.82) is 0 Å². The van der Waals surface area contributed by atoms with Gasteiger partial charge in [0.1, 0.15) is 6.29 Å². The molecule has 1 heterocycles. The van der Waals surface area contributed by atoms with E-state index in [-0.39, 0.29) is 12.2 Å². The molecule has 1 aliphatic heterocycles. The highest BCUT2D eigenvalue weighted by atomic mass is 16.7. The van der Waals surface area contributed by atoms with E-state index in [1.807, 2.05) is 6.92 Å². The summed E-state index contributed by atoms with van der Waals surface area (Å²) in [7, 11) is 0. The Morgan fingerprint density at radius 1 is 1.32 bits per heavy atom. The summed E-state index contributed by atoms with van der Waals surface area (Å²) in [5, 5.41) is 0. The quantitative estimate of drug-likeness (QED) is 0.783. The number of rotatable bonds is 4. The van der Waals surface area contributed by atoms with Gasteiger partial charge in [-0.05, 0) is 24.5 Å². The molecule has 104 valence electrons. The third-order valence-electron chi connectivity index (χ3n) is 3.76. The number of hydrogen-bond donors (Lipinski definition) is 0. The topological polar surface area (TPSA) is 35.5 Å². The van der Waals surface area contributed by atoms with Crippen molar-refractivity contribution in [2.24, 2.45) is 5.41 Å². The summed E-state index contributed by atoms with van der Waals surface area (Å²) in [6, 6.07) is 8.54. The molecule has 0 aromatic heterocycles. The molecule has 1 fully saturated rings. The third kappa shape index (κ3) is 3.23. The van der Waals surface area contributed by atoms with Crippen LogP contribution in [0.4, 0.5) is 0 Å². The summed E-state index contributed by atoms with van der Waals surface area (Å²) >= 11 is 0. The number of aryl methyl sites for hydroxylation is 1. The van der Waals surface area contributed by atoms with Crippen molar-refractivity contribution in [1.82, 2.24) is 0 Å². The largest absolute Gasteiger partial charge is 0.351 e. The normalized spacial score (nSPS) is 28.9. The lowest BCUT2D eigenvalue weighted by Gasteiger charge is -2.36. The van der Waals surface area contributed by atoms with Gasteiger partial charge in [-0.2, -0.15) is 0 Å². The number of carbonyl (C=O) groups is 1. The van der Waals surface area contributed by atoms with Gasteiger partial charge in [-0.3, -0.25) is 0 Å². The SMILES string of the molecule is CCc1ccc(C(C)C2OCC(C)(C=O)CO2)cc1. The van der Waals surface area contributed by atoms with Gasteiger partial charge in [-0.25, -0.2) is 0 Å². The zero-order valence-corrected chi connectivity index (χ0v) is 11.9. The summed E-state index contributed by atoms with van der Waals surface area (Å²) < 4.78 is 11.4. The Labute approximate surface area is 114 Å². The first kappa shape index (κ1) is 14.2. The Morgan fingerprint density at radius 3 is 2.37 bits per heavy atom. The predicted molar refractivity (Wildman–Crippen MR) is 74.1 cm³/mol. The Bertz CT molecular complexity index is 416. The first-order valence-corrected chi connectivity index (χ1v) is 6.86. The van der Waals surface area contributed by atoms with Crippen LogP contribution in [-0.2, 0) is 20.7 Å². The van der Waals surface area contributed by atoms with Gasteiger partial charge in [-0.1, -0.05) is 38.1 Å². The summed E-state index contributed by atoms with van der Waals surface area (Å²) in [6.07, 6.45) is 1.70. The summed E-state index contributed by atoms with van der Waals surface area (Å²) in [4.78, 5) is 10.9. The molecule has 1 aromatic carbocycles. The van der Waals surface area contributed by atoms with Crippen molar-refractivity contribution >= 4 is 6.29 Å². The molecule has 3 nitrogen and oxygen atoms in total. The second-order valence-corrected chi connectivity index (χ2v) is 5.65. The Hall–Kier alpha value is -1.19. The summed E-state index contributed by atoms with van der Waals surface area (Å²) in [5.74, 6) is 0.169. The van der Waals surface area contributed by atoms with Crippen molar-refractivity contribution in [3.05, 3.63) is 35.4 Å². The molecule has 0 saturated carbocycles. The van der Waals surface area contributed by atoms with Crippen LogP contribution in [0.25, 0.3) is 0 Å².